The highest BCUT2D eigenvalue weighted by Gasteiger charge is 2.46. The number of amides is 1. The Morgan fingerprint density at radius 1 is 0.914 bits per heavy atom. The molecule has 0 spiro atoms. The van der Waals surface area contributed by atoms with E-state index in [9.17, 15) is 19.1 Å². The molecule has 180 valence electrons. The van der Waals surface area contributed by atoms with Crippen molar-refractivity contribution in [2.24, 2.45) is 0 Å². The molecule has 1 amide bonds. The van der Waals surface area contributed by atoms with Crippen LogP contribution in [0.4, 0.5) is 4.39 Å². The van der Waals surface area contributed by atoms with Crippen LogP contribution < -0.4 is 14.2 Å². The molecule has 1 fully saturated rings. The number of halogens is 1. The summed E-state index contributed by atoms with van der Waals surface area (Å²) in [6.45, 7) is 0.118. The van der Waals surface area contributed by atoms with Crippen LogP contribution in [0.15, 0.2) is 72.3 Å². The number of aliphatic hydroxyl groups excluding tert-OH is 1. The zero-order chi connectivity index (χ0) is 25.1. The van der Waals surface area contributed by atoms with Crippen molar-refractivity contribution in [3.05, 3.63) is 94.8 Å². The molecule has 0 aromatic heterocycles. The number of ether oxygens (including phenoxy) is 3. The third kappa shape index (κ3) is 4.42. The van der Waals surface area contributed by atoms with E-state index in [0.29, 0.717) is 22.8 Å². The normalized spacial score (nSPS) is 16.9. The Bertz CT molecular complexity index is 1260. The Morgan fingerprint density at radius 2 is 1.51 bits per heavy atom. The third-order valence-corrected chi connectivity index (χ3v) is 5.86. The van der Waals surface area contributed by atoms with Gasteiger partial charge in [-0.05, 0) is 47.5 Å². The van der Waals surface area contributed by atoms with Gasteiger partial charge in [0.25, 0.3) is 11.7 Å². The standard InChI is InChI=1S/C27H24FNO6/c1-33-20-13-18(14-21(34-2)26(20)35-3)23-22(24(30)17-9-11-19(28)12-10-17)25(31)27(32)29(23)15-16-7-5-4-6-8-16/h4-14,23,30H,15H2,1-3H3. The van der Waals surface area contributed by atoms with Crippen LogP contribution in [0.2, 0.25) is 0 Å². The monoisotopic (exact) mass is 477 g/mol. The second-order valence-corrected chi connectivity index (χ2v) is 7.88. The quantitative estimate of drug-likeness (QED) is 0.307. The topological polar surface area (TPSA) is 85.3 Å². The minimum Gasteiger partial charge on any atom is -0.507 e. The molecule has 1 heterocycles. The highest BCUT2D eigenvalue weighted by molar-refractivity contribution is 6.46. The van der Waals surface area contributed by atoms with Gasteiger partial charge in [-0.2, -0.15) is 0 Å². The summed E-state index contributed by atoms with van der Waals surface area (Å²) in [5, 5.41) is 11.1. The Balaban J connectivity index is 1.94. The summed E-state index contributed by atoms with van der Waals surface area (Å²) >= 11 is 0. The van der Waals surface area contributed by atoms with Gasteiger partial charge in [-0.3, -0.25) is 9.59 Å². The van der Waals surface area contributed by atoms with E-state index < -0.39 is 29.3 Å². The Hall–Kier alpha value is -4.33. The number of ketones is 1. The molecule has 1 atom stereocenters. The van der Waals surface area contributed by atoms with Crippen molar-refractivity contribution in [1.82, 2.24) is 4.90 Å². The highest BCUT2D eigenvalue weighted by atomic mass is 19.1. The number of carbonyl (C=O) groups excluding carboxylic acids is 2. The first-order valence-corrected chi connectivity index (χ1v) is 10.8. The van der Waals surface area contributed by atoms with Gasteiger partial charge < -0.3 is 24.2 Å². The smallest absolute Gasteiger partial charge is 0.295 e. The second-order valence-electron chi connectivity index (χ2n) is 7.88. The highest BCUT2D eigenvalue weighted by Crippen LogP contribution is 2.46. The fourth-order valence-corrected chi connectivity index (χ4v) is 4.19. The number of hydrogen-bond acceptors (Lipinski definition) is 6. The van der Waals surface area contributed by atoms with Gasteiger partial charge in [-0.25, -0.2) is 4.39 Å². The molecule has 0 bridgehead atoms. The van der Waals surface area contributed by atoms with Gasteiger partial charge in [0.2, 0.25) is 5.75 Å². The maximum Gasteiger partial charge on any atom is 0.295 e. The predicted molar refractivity (Wildman–Crippen MR) is 127 cm³/mol. The molecule has 8 heteroatoms. The summed E-state index contributed by atoms with van der Waals surface area (Å²) in [5.74, 6) is -1.51. The van der Waals surface area contributed by atoms with Crippen molar-refractivity contribution in [2.45, 2.75) is 12.6 Å². The van der Waals surface area contributed by atoms with Crippen LogP contribution in [-0.2, 0) is 16.1 Å². The van der Waals surface area contributed by atoms with Gasteiger partial charge >= 0.3 is 0 Å². The molecule has 1 aliphatic rings. The van der Waals surface area contributed by atoms with Crippen LogP contribution >= 0.6 is 0 Å². The van der Waals surface area contributed by atoms with Crippen LogP contribution in [-0.4, -0.2) is 43.0 Å². The summed E-state index contributed by atoms with van der Waals surface area (Å²) in [4.78, 5) is 27.8. The summed E-state index contributed by atoms with van der Waals surface area (Å²) in [7, 11) is 4.39. The molecule has 0 saturated carbocycles. The molecule has 35 heavy (non-hydrogen) atoms. The Kier molecular flexibility index (Phi) is 6.73. The van der Waals surface area contributed by atoms with Crippen molar-refractivity contribution in [3.8, 4) is 17.2 Å². The number of nitrogens with zero attached hydrogens (tertiary/aromatic N) is 1. The zero-order valence-corrected chi connectivity index (χ0v) is 19.4. The van der Waals surface area contributed by atoms with E-state index in [4.69, 9.17) is 14.2 Å². The van der Waals surface area contributed by atoms with Crippen LogP contribution in [0.3, 0.4) is 0 Å². The summed E-state index contributed by atoms with van der Waals surface area (Å²) in [6.07, 6.45) is 0. The van der Waals surface area contributed by atoms with E-state index in [0.717, 1.165) is 5.56 Å². The molecule has 0 aliphatic carbocycles. The first kappa shape index (κ1) is 23.8. The van der Waals surface area contributed by atoms with Crippen LogP contribution in [0, 0.1) is 5.82 Å². The lowest BCUT2D eigenvalue weighted by molar-refractivity contribution is -0.140. The average molecular weight is 477 g/mol. The maximum absolute atomic E-state index is 13.5. The zero-order valence-electron chi connectivity index (χ0n) is 19.4. The SMILES string of the molecule is COc1cc(C2C(=C(O)c3ccc(F)cc3)C(=O)C(=O)N2Cc2ccccc2)cc(OC)c1OC. The van der Waals surface area contributed by atoms with E-state index in [1.165, 1.54) is 50.5 Å². The number of Topliss-reactive ketones (excluding diaryl/α,β-unsaturated/α-hetero) is 1. The maximum atomic E-state index is 13.5. The predicted octanol–water partition coefficient (Wildman–Crippen LogP) is 4.47. The molecule has 4 rings (SSSR count). The molecule has 7 nitrogen and oxygen atoms in total. The van der Waals surface area contributed by atoms with E-state index in [1.54, 1.807) is 12.1 Å². The molecule has 3 aromatic rings. The second kappa shape index (κ2) is 9.89. The largest absolute Gasteiger partial charge is 0.507 e. The number of methoxy groups -OCH3 is 3. The number of likely N-dealkylation sites (tertiary alicyclic amines) is 1. The lowest BCUT2D eigenvalue weighted by Gasteiger charge is -2.26. The van der Waals surface area contributed by atoms with Gasteiger partial charge in [0, 0.05) is 12.1 Å². The average Bonchev–Trinajstić information content (AvgIpc) is 3.13. The van der Waals surface area contributed by atoms with Crippen molar-refractivity contribution in [3.63, 3.8) is 0 Å². The van der Waals surface area contributed by atoms with E-state index in [2.05, 4.69) is 0 Å². The third-order valence-electron chi connectivity index (χ3n) is 5.86. The van der Waals surface area contributed by atoms with Gasteiger partial charge in [0.15, 0.2) is 11.5 Å². The van der Waals surface area contributed by atoms with Crippen molar-refractivity contribution >= 4 is 17.4 Å². The van der Waals surface area contributed by atoms with Crippen molar-refractivity contribution in [1.29, 1.82) is 0 Å². The van der Waals surface area contributed by atoms with E-state index in [1.807, 2.05) is 30.3 Å². The Labute approximate surface area is 202 Å². The number of benzene rings is 3. The number of aliphatic hydroxyl groups is 1. The number of carbonyl (C=O) groups is 2. The fourth-order valence-electron chi connectivity index (χ4n) is 4.19. The van der Waals surface area contributed by atoms with Crippen LogP contribution in [0.1, 0.15) is 22.7 Å². The first-order chi connectivity index (χ1) is 16.9. The minimum absolute atomic E-state index is 0.118. The molecule has 1 N–H and O–H groups in total. The summed E-state index contributed by atoms with van der Waals surface area (Å²) in [6, 6.07) is 16.5. The van der Waals surface area contributed by atoms with Gasteiger partial charge in [0.1, 0.15) is 11.6 Å². The molecular weight excluding hydrogens is 453 g/mol. The lowest BCUT2D eigenvalue weighted by atomic mass is 9.94. The molecule has 1 aliphatic heterocycles. The lowest BCUT2D eigenvalue weighted by Crippen LogP contribution is -2.29. The molecule has 1 unspecified atom stereocenters. The molecule has 3 aromatic carbocycles. The number of hydrogen-bond donors (Lipinski definition) is 1. The van der Waals surface area contributed by atoms with Crippen molar-refractivity contribution < 1.29 is 33.3 Å². The fraction of sp³-hybridized carbons (Fsp3) is 0.185. The van der Waals surface area contributed by atoms with E-state index >= 15 is 0 Å². The van der Waals surface area contributed by atoms with E-state index in [-0.39, 0.29) is 17.7 Å². The molecule has 1 saturated heterocycles. The van der Waals surface area contributed by atoms with Gasteiger partial charge in [-0.1, -0.05) is 30.3 Å². The van der Waals surface area contributed by atoms with Crippen molar-refractivity contribution in [2.75, 3.05) is 21.3 Å². The Morgan fingerprint density at radius 3 is 2.06 bits per heavy atom. The minimum atomic E-state index is -0.964. The summed E-state index contributed by atoms with van der Waals surface area (Å²) < 4.78 is 29.8. The van der Waals surface area contributed by atoms with Crippen LogP contribution in [0.5, 0.6) is 17.2 Å². The van der Waals surface area contributed by atoms with Gasteiger partial charge in [-0.15, -0.1) is 0 Å². The molecular formula is C27H24FNO6. The first-order valence-electron chi connectivity index (χ1n) is 10.8. The molecule has 0 radical (unpaired) electrons. The van der Waals surface area contributed by atoms with Gasteiger partial charge in [0.05, 0.1) is 32.9 Å². The van der Waals surface area contributed by atoms with Crippen LogP contribution in [0.25, 0.3) is 5.76 Å². The number of rotatable bonds is 7. The summed E-state index contributed by atoms with van der Waals surface area (Å²) in [5.41, 5.74) is 1.36.